The first kappa shape index (κ1) is 17.8. The molecule has 0 fully saturated rings. The molecule has 0 saturated carbocycles. The molecule has 0 aliphatic carbocycles. The van der Waals surface area contributed by atoms with E-state index in [-0.39, 0.29) is 5.75 Å². The summed E-state index contributed by atoms with van der Waals surface area (Å²) in [5, 5.41) is 3.11. The van der Waals surface area contributed by atoms with Crippen molar-refractivity contribution >= 4 is 0 Å². The van der Waals surface area contributed by atoms with E-state index in [1.807, 2.05) is 0 Å². The smallest absolute Gasteiger partial charge is 0.416 e. The van der Waals surface area contributed by atoms with Gasteiger partial charge in [-0.15, -0.1) is 0 Å². The Balaban J connectivity index is 2.13. The second-order valence-corrected chi connectivity index (χ2v) is 4.59. The first-order chi connectivity index (χ1) is 10.0. The Morgan fingerprint density at radius 1 is 1.10 bits per heavy atom. The first-order valence-corrected chi connectivity index (χ1v) is 7.12. The van der Waals surface area contributed by atoms with Gasteiger partial charge in [0, 0.05) is 19.7 Å². The third-order valence-corrected chi connectivity index (χ3v) is 2.77. The molecule has 0 amide bonds. The van der Waals surface area contributed by atoms with E-state index in [0.29, 0.717) is 26.3 Å². The molecule has 0 radical (unpaired) electrons. The molecule has 6 heteroatoms. The Bertz CT molecular complexity index is 397. The van der Waals surface area contributed by atoms with Crippen LogP contribution in [0, 0.1) is 0 Å². The van der Waals surface area contributed by atoms with E-state index in [9.17, 15) is 13.2 Å². The fraction of sp³-hybridized carbons (Fsp3) is 0.600. The maximum absolute atomic E-state index is 12.5. The number of nitrogens with one attached hydrogen (secondary N) is 1. The van der Waals surface area contributed by atoms with Gasteiger partial charge in [-0.05, 0) is 24.6 Å². The summed E-state index contributed by atoms with van der Waals surface area (Å²) in [6, 6.07) is 4.89. The zero-order valence-electron chi connectivity index (χ0n) is 12.2. The second-order valence-electron chi connectivity index (χ2n) is 4.59. The van der Waals surface area contributed by atoms with Crippen LogP contribution in [-0.4, -0.2) is 32.9 Å². The van der Waals surface area contributed by atoms with Crippen LogP contribution in [0.2, 0.25) is 0 Å². The van der Waals surface area contributed by atoms with Crippen LogP contribution in [0.25, 0.3) is 0 Å². The summed E-state index contributed by atoms with van der Waals surface area (Å²) in [4.78, 5) is 0. The van der Waals surface area contributed by atoms with E-state index in [4.69, 9.17) is 9.47 Å². The van der Waals surface area contributed by atoms with Gasteiger partial charge in [-0.2, -0.15) is 13.2 Å². The van der Waals surface area contributed by atoms with Crippen LogP contribution < -0.4 is 10.1 Å². The number of halogens is 3. The Morgan fingerprint density at radius 3 is 2.57 bits per heavy atom. The van der Waals surface area contributed by atoms with E-state index in [0.717, 1.165) is 31.6 Å². The molecule has 1 aromatic rings. The molecule has 1 N–H and O–H groups in total. The second kappa shape index (κ2) is 9.63. The summed E-state index contributed by atoms with van der Waals surface area (Å²) in [5.74, 6) is 0.228. The average Bonchev–Trinajstić information content (AvgIpc) is 2.45. The lowest BCUT2D eigenvalue weighted by molar-refractivity contribution is -0.137. The lowest BCUT2D eigenvalue weighted by Crippen LogP contribution is -2.25. The van der Waals surface area contributed by atoms with Crippen molar-refractivity contribution in [3.05, 3.63) is 29.8 Å². The van der Waals surface area contributed by atoms with Gasteiger partial charge in [-0.25, -0.2) is 0 Å². The molecule has 0 aromatic heterocycles. The third kappa shape index (κ3) is 7.92. The van der Waals surface area contributed by atoms with Crippen molar-refractivity contribution in [2.75, 3.05) is 32.9 Å². The van der Waals surface area contributed by atoms with Crippen molar-refractivity contribution in [1.82, 2.24) is 5.32 Å². The average molecular weight is 305 g/mol. The van der Waals surface area contributed by atoms with Gasteiger partial charge in [0.15, 0.2) is 0 Å². The summed E-state index contributed by atoms with van der Waals surface area (Å²) in [6.07, 6.45) is -2.18. The SMILES string of the molecule is CCCCOCCNCCOc1cccc(C(F)(F)F)c1. The van der Waals surface area contributed by atoms with Gasteiger partial charge in [-0.3, -0.25) is 0 Å². The molecule has 3 nitrogen and oxygen atoms in total. The minimum atomic E-state index is -4.34. The quantitative estimate of drug-likeness (QED) is 0.671. The number of hydrogen-bond donors (Lipinski definition) is 1. The molecule has 0 bridgehead atoms. The highest BCUT2D eigenvalue weighted by atomic mass is 19.4. The number of hydrogen-bond acceptors (Lipinski definition) is 3. The Kier molecular flexibility index (Phi) is 8.15. The van der Waals surface area contributed by atoms with Crippen molar-refractivity contribution in [2.24, 2.45) is 0 Å². The van der Waals surface area contributed by atoms with Crippen molar-refractivity contribution in [3.63, 3.8) is 0 Å². The predicted molar refractivity (Wildman–Crippen MR) is 75.5 cm³/mol. The predicted octanol–water partition coefficient (Wildman–Crippen LogP) is 3.49. The van der Waals surface area contributed by atoms with Gasteiger partial charge in [0.25, 0.3) is 0 Å². The van der Waals surface area contributed by atoms with Crippen LogP contribution >= 0.6 is 0 Å². The molecule has 21 heavy (non-hydrogen) atoms. The molecule has 120 valence electrons. The fourth-order valence-electron chi connectivity index (χ4n) is 1.62. The van der Waals surface area contributed by atoms with Crippen molar-refractivity contribution in [3.8, 4) is 5.75 Å². The van der Waals surface area contributed by atoms with Gasteiger partial charge < -0.3 is 14.8 Å². The third-order valence-electron chi connectivity index (χ3n) is 2.77. The van der Waals surface area contributed by atoms with Crippen LogP contribution in [0.4, 0.5) is 13.2 Å². The van der Waals surface area contributed by atoms with Crippen LogP contribution in [-0.2, 0) is 10.9 Å². The largest absolute Gasteiger partial charge is 0.492 e. The summed E-state index contributed by atoms with van der Waals surface area (Å²) >= 11 is 0. The number of rotatable bonds is 10. The molecule has 1 rings (SSSR count). The fourth-order valence-corrected chi connectivity index (χ4v) is 1.62. The summed E-state index contributed by atoms with van der Waals surface area (Å²) in [6.45, 7) is 5.08. The van der Waals surface area contributed by atoms with Crippen molar-refractivity contribution in [2.45, 2.75) is 25.9 Å². The number of unbranched alkanes of at least 4 members (excludes halogenated alkanes) is 1. The summed E-state index contributed by atoms with van der Waals surface area (Å²) < 4.78 is 48.2. The monoisotopic (exact) mass is 305 g/mol. The zero-order chi connectivity index (χ0) is 15.6. The van der Waals surface area contributed by atoms with Gasteiger partial charge in [0.1, 0.15) is 12.4 Å². The molecule has 0 atom stereocenters. The Morgan fingerprint density at radius 2 is 1.86 bits per heavy atom. The van der Waals surface area contributed by atoms with Crippen LogP contribution in [0.1, 0.15) is 25.3 Å². The molecule has 0 heterocycles. The highest BCUT2D eigenvalue weighted by Crippen LogP contribution is 2.31. The van der Waals surface area contributed by atoms with Crippen LogP contribution in [0.3, 0.4) is 0 Å². The lowest BCUT2D eigenvalue weighted by atomic mass is 10.2. The van der Waals surface area contributed by atoms with Gasteiger partial charge in [0.2, 0.25) is 0 Å². The topological polar surface area (TPSA) is 30.5 Å². The molecule has 0 saturated heterocycles. The molecule has 0 unspecified atom stereocenters. The summed E-state index contributed by atoms with van der Waals surface area (Å²) in [7, 11) is 0. The maximum Gasteiger partial charge on any atom is 0.416 e. The Labute approximate surface area is 123 Å². The molecule has 0 aliphatic heterocycles. The number of alkyl halides is 3. The van der Waals surface area contributed by atoms with Crippen molar-refractivity contribution in [1.29, 1.82) is 0 Å². The van der Waals surface area contributed by atoms with E-state index in [1.54, 1.807) is 0 Å². The minimum absolute atomic E-state index is 0.228. The first-order valence-electron chi connectivity index (χ1n) is 7.12. The van der Waals surface area contributed by atoms with Crippen molar-refractivity contribution < 1.29 is 22.6 Å². The van der Waals surface area contributed by atoms with Crippen LogP contribution in [0.15, 0.2) is 24.3 Å². The molecule has 0 aliphatic rings. The summed E-state index contributed by atoms with van der Waals surface area (Å²) in [5.41, 5.74) is -0.697. The highest BCUT2D eigenvalue weighted by Gasteiger charge is 2.30. The zero-order valence-corrected chi connectivity index (χ0v) is 12.2. The van der Waals surface area contributed by atoms with Gasteiger partial charge in [0.05, 0.1) is 12.2 Å². The number of benzene rings is 1. The standard InChI is InChI=1S/C15H22F3NO2/c1-2-3-9-20-10-7-19-8-11-21-14-6-4-5-13(12-14)15(16,17)18/h4-6,12,19H,2-3,7-11H2,1H3. The molecule has 1 aromatic carbocycles. The maximum atomic E-state index is 12.5. The Hall–Kier alpha value is -1.27. The normalized spacial score (nSPS) is 11.6. The molecule has 0 spiro atoms. The number of ether oxygens (including phenoxy) is 2. The van der Waals surface area contributed by atoms with E-state index < -0.39 is 11.7 Å². The van der Waals surface area contributed by atoms with E-state index in [1.165, 1.54) is 12.1 Å². The lowest BCUT2D eigenvalue weighted by Gasteiger charge is -2.10. The van der Waals surface area contributed by atoms with Gasteiger partial charge >= 0.3 is 6.18 Å². The van der Waals surface area contributed by atoms with Gasteiger partial charge in [-0.1, -0.05) is 19.4 Å². The minimum Gasteiger partial charge on any atom is -0.492 e. The van der Waals surface area contributed by atoms with E-state index >= 15 is 0 Å². The highest BCUT2D eigenvalue weighted by molar-refractivity contribution is 5.30. The van der Waals surface area contributed by atoms with Crippen LogP contribution in [0.5, 0.6) is 5.75 Å². The molecular formula is C15H22F3NO2. The van der Waals surface area contributed by atoms with E-state index in [2.05, 4.69) is 12.2 Å². The molecular weight excluding hydrogens is 283 g/mol.